The second-order valence-corrected chi connectivity index (χ2v) is 6.12. The van der Waals surface area contributed by atoms with Gasteiger partial charge in [0.2, 0.25) is 11.8 Å². The van der Waals surface area contributed by atoms with Crippen LogP contribution in [0.15, 0.2) is 30.3 Å². The maximum atomic E-state index is 11.7. The SMILES string of the molecule is CC(=O)N(C(C)=O)c1c(Cl)cc(-c2ccc(N)c(Cl)c2)cc1Cl. The number of anilines is 2. The van der Waals surface area contributed by atoms with Crippen molar-refractivity contribution < 1.29 is 9.59 Å². The standard InChI is InChI=1S/C16H13Cl3N2O2/c1-8(22)21(9(2)23)16-13(18)6-11(7-14(16)19)10-3-4-15(20)12(17)5-10/h3-7H,20H2,1-2H3. The van der Waals surface area contributed by atoms with Gasteiger partial charge in [-0.25, -0.2) is 4.90 Å². The fourth-order valence-electron chi connectivity index (χ4n) is 2.19. The number of benzene rings is 2. The molecule has 23 heavy (non-hydrogen) atoms. The molecule has 0 fully saturated rings. The Morgan fingerprint density at radius 1 is 0.870 bits per heavy atom. The van der Waals surface area contributed by atoms with Gasteiger partial charge in [0.05, 0.1) is 26.4 Å². The number of halogens is 3. The van der Waals surface area contributed by atoms with E-state index in [0.29, 0.717) is 16.3 Å². The monoisotopic (exact) mass is 370 g/mol. The highest BCUT2D eigenvalue weighted by molar-refractivity contribution is 6.41. The van der Waals surface area contributed by atoms with Crippen LogP contribution in [0, 0.1) is 0 Å². The van der Waals surface area contributed by atoms with Crippen LogP contribution in [0.25, 0.3) is 11.1 Å². The molecule has 2 amide bonds. The second-order valence-electron chi connectivity index (χ2n) is 4.90. The summed E-state index contributed by atoms with van der Waals surface area (Å²) in [5.74, 6) is -0.936. The van der Waals surface area contributed by atoms with Gasteiger partial charge < -0.3 is 5.73 Å². The zero-order valence-electron chi connectivity index (χ0n) is 12.4. The number of carbonyl (C=O) groups is 2. The third kappa shape index (κ3) is 3.61. The third-order valence-electron chi connectivity index (χ3n) is 3.20. The van der Waals surface area contributed by atoms with Crippen molar-refractivity contribution >= 4 is 58.0 Å². The largest absolute Gasteiger partial charge is 0.398 e. The number of nitrogens with zero attached hydrogens (tertiary/aromatic N) is 1. The van der Waals surface area contributed by atoms with Gasteiger partial charge in [0.15, 0.2) is 0 Å². The Hall–Kier alpha value is -1.75. The molecule has 0 heterocycles. The lowest BCUT2D eigenvalue weighted by Crippen LogP contribution is -2.33. The normalized spacial score (nSPS) is 10.5. The predicted molar refractivity (Wildman–Crippen MR) is 95.2 cm³/mol. The molecule has 2 rings (SSSR count). The van der Waals surface area contributed by atoms with Gasteiger partial charge in [-0.1, -0.05) is 40.9 Å². The van der Waals surface area contributed by atoms with Gasteiger partial charge in [-0.15, -0.1) is 0 Å². The number of hydrogen-bond donors (Lipinski definition) is 1. The number of imide groups is 1. The lowest BCUT2D eigenvalue weighted by atomic mass is 10.0. The fraction of sp³-hybridized carbons (Fsp3) is 0.125. The van der Waals surface area contributed by atoms with Crippen LogP contribution >= 0.6 is 34.8 Å². The summed E-state index contributed by atoms with van der Waals surface area (Å²) in [6.07, 6.45) is 0. The van der Waals surface area contributed by atoms with Gasteiger partial charge in [0, 0.05) is 13.8 Å². The molecule has 0 spiro atoms. The summed E-state index contributed by atoms with van der Waals surface area (Å²) >= 11 is 18.5. The number of nitrogen functional groups attached to an aromatic ring is 1. The summed E-state index contributed by atoms with van der Waals surface area (Å²) in [7, 11) is 0. The number of hydrogen-bond acceptors (Lipinski definition) is 3. The average molecular weight is 372 g/mol. The number of rotatable bonds is 2. The molecule has 0 aromatic heterocycles. The van der Waals surface area contributed by atoms with E-state index in [1.54, 1.807) is 30.3 Å². The second kappa shape index (κ2) is 6.79. The number of amides is 2. The smallest absolute Gasteiger partial charge is 0.230 e. The van der Waals surface area contributed by atoms with Crippen LogP contribution < -0.4 is 10.6 Å². The maximum Gasteiger partial charge on any atom is 0.230 e. The molecule has 2 aromatic rings. The van der Waals surface area contributed by atoms with Gasteiger partial charge >= 0.3 is 0 Å². The first-order valence-electron chi connectivity index (χ1n) is 6.58. The molecule has 0 saturated heterocycles. The van der Waals surface area contributed by atoms with E-state index in [1.165, 1.54) is 13.8 Å². The van der Waals surface area contributed by atoms with E-state index in [1.807, 2.05) is 0 Å². The molecule has 0 atom stereocenters. The Labute approximate surface area is 148 Å². The van der Waals surface area contributed by atoms with E-state index >= 15 is 0 Å². The van der Waals surface area contributed by atoms with E-state index < -0.39 is 11.8 Å². The minimum atomic E-state index is -0.468. The lowest BCUT2D eigenvalue weighted by Gasteiger charge is -2.21. The van der Waals surface area contributed by atoms with Crippen LogP contribution in [0.5, 0.6) is 0 Å². The van der Waals surface area contributed by atoms with Crippen molar-refractivity contribution in [3.63, 3.8) is 0 Å². The molecule has 0 aliphatic heterocycles. The first-order chi connectivity index (χ1) is 10.7. The van der Waals surface area contributed by atoms with Gasteiger partial charge in [-0.05, 0) is 35.4 Å². The van der Waals surface area contributed by atoms with E-state index in [4.69, 9.17) is 40.5 Å². The molecule has 2 N–H and O–H groups in total. The van der Waals surface area contributed by atoms with Crippen LogP contribution in [0.1, 0.15) is 13.8 Å². The molecule has 2 aromatic carbocycles. The van der Waals surface area contributed by atoms with Crippen LogP contribution in [0.2, 0.25) is 15.1 Å². The molecule has 120 valence electrons. The zero-order valence-corrected chi connectivity index (χ0v) is 14.6. The van der Waals surface area contributed by atoms with Gasteiger partial charge in [0.25, 0.3) is 0 Å². The summed E-state index contributed by atoms with van der Waals surface area (Å²) in [6.45, 7) is 2.53. The molecular formula is C16H13Cl3N2O2. The predicted octanol–water partition coefficient (Wildman–Crippen LogP) is 4.80. The molecule has 7 heteroatoms. The molecule has 0 bridgehead atoms. The summed E-state index contributed by atoms with van der Waals surface area (Å²) in [6, 6.07) is 8.36. The van der Waals surface area contributed by atoms with E-state index in [-0.39, 0.29) is 15.7 Å². The number of carbonyl (C=O) groups excluding carboxylic acids is 2. The van der Waals surface area contributed by atoms with E-state index in [9.17, 15) is 9.59 Å². The Bertz CT molecular complexity index is 769. The quantitative estimate of drug-likeness (QED) is 0.772. The fourth-order valence-corrected chi connectivity index (χ4v) is 3.03. The van der Waals surface area contributed by atoms with Crippen LogP contribution in [-0.4, -0.2) is 11.8 Å². The first-order valence-corrected chi connectivity index (χ1v) is 7.71. The Morgan fingerprint density at radius 2 is 1.35 bits per heavy atom. The average Bonchev–Trinajstić information content (AvgIpc) is 2.44. The summed E-state index contributed by atoms with van der Waals surface area (Å²) < 4.78 is 0. The topological polar surface area (TPSA) is 63.4 Å². The Morgan fingerprint density at radius 3 is 1.78 bits per heavy atom. The highest BCUT2D eigenvalue weighted by atomic mass is 35.5. The van der Waals surface area contributed by atoms with Gasteiger partial charge in [-0.2, -0.15) is 0 Å². The maximum absolute atomic E-state index is 11.7. The lowest BCUT2D eigenvalue weighted by molar-refractivity contribution is -0.124. The molecule has 0 saturated carbocycles. The zero-order chi connectivity index (χ0) is 17.3. The molecular weight excluding hydrogens is 359 g/mol. The first kappa shape index (κ1) is 17.6. The molecule has 0 radical (unpaired) electrons. The van der Waals surface area contributed by atoms with Crippen molar-refractivity contribution in [3.05, 3.63) is 45.4 Å². The van der Waals surface area contributed by atoms with Crippen LogP contribution in [0.3, 0.4) is 0 Å². The van der Waals surface area contributed by atoms with Crippen molar-refractivity contribution in [1.29, 1.82) is 0 Å². The Kier molecular flexibility index (Phi) is 5.19. The summed E-state index contributed by atoms with van der Waals surface area (Å²) in [5.41, 5.74) is 7.77. The molecule has 0 unspecified atom stereocenters. The van der Waals surface area contributed by atoms with Crippen molar-refractivity contribution in [2.24, 2.45) is 0 Å². The summed E-state index contributed by atoms with van der Waals surface area (Å²) in [5, 5.41) is 0.782. The van der Waals surface area contributed by atoms with E-state index in [0.717, 1.165) is 10.5 Å². The summed E-state index contributed by atoms with van der Waals surface area (Å²) in [4.78, 5) is 24.3. The van der Waals surface area contributed by atoms with Crippen LogP contribution in [0.4, 0.5) is 11.4 Å². The van der Waals surface area contributed by atoms with Crippen molar-refractivity contribution in [1.82, 2.24) is 0 Å². The van der Waals surface area contributed by atoms with Crippen molar-refractivity contribution in [2.45, 2.75) is 13.8 Å². The molecule has 0 aliphatic rings. The molecule has 0 aliphatic carbocycles. The number of nitrogens with two attached hydrogens (primary N) is 1. The van der Waals surface area contributed by atoms with Gasteiger partial charge in [-0.3, -0.25) is 9.59 Å². The Balaban J connectivity index is 2.58. The van der Waals surface area contributed by atoms with Crippen molar-refractivity contribution in [3.8, 4) is 11.1 Å². The van der Waals surface area contributed by atoms with Gasteiger partial charge in [0.1, 0.15) is 0 Å². The van der Waals surface area contributed by atoms with E-state index in [2.05, 4.69) is 0 Å². The minimum absolute atomic E-state index is 0.165. The molecule has 4 nitrogen and oxygen atoms in total. The van der Waals surface area contributed by atoms with Crippen LogP contribution in [-0.2, 0) is 9.59 Å². The third-order valence-corrected chi connectivity index (χ3v) is 4.11. The highest BCUT2D eigenvalue weighted by Gasteiger charge is 2.23. The highest BCUT2D eigenvalue weighted by Crippen LogP contribution is 2.39. The minimum Gasteiger partial charge on any atom is -0.398 e. The van der Waals surface area contributed by atoms with Crippen molar-refractivity contribution in [2.75, 3.05) is 10.6 Å².